The van der Waals surface area contributed by atoms with Gasteiger partial charge in [0.2, 0.25) is 0 Å². The van der Waals surface area contributed by atoms with E-state index < -0.39 is 0 Å². The molecule has 16 heavy (non-hydrogen) atoms. The Labute approximate surface area is 101 Å². The van der Waals surface area contributed by atoms with Crippen LogP contribution in [0.5, 0.6) is 0 Å². The Morgan fingerprint density at radius 1 is 1.56 bits per heavy atom. The molecule has 0 radical (unpaired) electrons. The van der Waals surface area contributed by atoms with E-state index >= 15 is 0 Å². The lowest BCUT2D eigenvalue weighted by Gasteiger charge is -2.11. The van der Waals surface area contributed by atoms with Crippen LogP contribution in [0, 0.1) is 6.92 Å². The molecule has 0 aliphatic carbocycles. The zero-order chi connectivity index (χ0) is 11.8. The standard InChI is InChI=1S/C11H17N3OS/c1-9-10(5-3-6-12-9)14-11(16)13-7-4-8-15-2/h3,5-6H,4,7-8H2,1-2H3,(H2,13,14,16). The van der Waals surface area contributed by atoms with Gasteiger partial charge in [0.05, 0.1) is 11.4 Å². The lowest BCUT2D eigenvalue weighted by Crippen LogP contribution is -2.30. The number of ether oxygens (including phenoxy) is 1. The van der Waals surface area contributed by atoms with Gasteiger partial charge in [0, 0.05) is 26.5 Å². The van der Waals surface area contributed by atoms with Crippen molar-refractivity contribution in [3.8, 4) is 0 Å². The maximum absolute atomic E-state index is 5.15. The Morgan fingerprint density at radius 3 is 3.06 bits per heavy atom. The van der Waals surface area contributed by atoms with Crippen LogP contribution in [0.3, 0.4) is 0 Å². The normalized spacial score (nSPS) is 9.88. The summed E-state index contributed by atoms with van der Waals surface area (Å²) in [6.45, 7) is 3.48. The van der Waals surface area contributed by atoms with E-state index in [1.54, 1.807) is 13.3 Å². The predicted molar refractivity (Wildman–Crippen MR) is 69.7 cm³/mol. The molecule has 0 bridgehead atoms. The molecular formula is C11H17N3OS. The number of anilines is 1. The van der Waals surface area contributed by atoms with Gasteiger partial charge >= 0.3 is 0 Å². The SMILES string of the molecule is COCCCNC(=S)Nc1cccnc1C. The van der Waals surface area contributed by atoms with Crippen molar-refractivity contribution < 1.29 is 4.74 Å². The number of nitrogens with one attached hydrogen (secondary N) is 2. The lowest BCUT2D eigenvalue weighted by atomic mass is 10.3. The van der Waals surface area contributed by atoms with E-state index in [0.29, 0.717) is 5.11 Å². The fraction of sp³-hybridized carbons (Fsp3) is 0.455. The van der Waals surface area contributed by atoms with Crippen molar-refractivity contribution in [1.82, 2.24) is 10.3 Å². The second-order valence-corrected chi connectivity index (χ2v) is 3.77. The molecule has 0 aliphatic rings. The van der Waals surface area contributed by atoms with Crippen LogP contribution in [0.25, 0.3) is 0 Å². The third-order valence-electron chi connectivity index (χ3n) is 2.07. The van der Waals surface area contributed by atoms with Crippen LogP contribution in [-0.2, 0) is 4.74 Å². The molecule has 0 aliphatic heterocycles. The molecule has 0 unspecified atom stereocenters. The number of nitrogens with zero attached hydrogens (tertiary/aromatic N) is 1. The summed E-state index contributed by atoms with van der Waals surface area (Å²) in [5, 5.41) is 6.83. The predicted octanol–water partition coefficient (Wildman–Crippen LogP) is 1.71. The largest absolute Gasteiger partial charge is 0.385 e. The highest BCUT2D eigenvalue weighted by Gasteiger charge is 2.00. The van der Waals surface area contributed by atoms with Crippen molar-refractivity contribution in [3.63, 3.8) is 0 Å². The zero-order valence-electron chi connectivity index (χ0n) is 9.62. The van der Waals surface area contributed by atoms with Crippen molar-refractivity contribution >= 4 is 23.0 Å². The lowest BCUT2D eigenvalue weighted by molar-refractivity contribution is 0.196. The summed E-state index contributed by atoms with van der Waals surface area (Å²) in [6.07, 6.45) is 2.69. The van der Waals surface area contributed by atoms with Gasteiger partial charge in [-0.05, 0) is 37.7 Å². The third kappa shape index (κ3) is 4.55. The van der Waals surface area contributed by atoms with Gasteiger partial charge in [-0.2, -0.15) is 0 Å². The molecule has 0 spiro atoms. The van der Waals surface area contributed by atoms with Crippen LogP contribution in [0.4, 0.5) is 5.69 Å². The molecule has 0 saturated carbocycles. The maximum atomic E-state index is 5.15. The topological polar surface area (TPSA) is 46.2 Å². The van der Waals surface area contributed by atoms with Gasteiger partial charge in [-0.3, -0.25) is 4.98 Å². The van der Waals surface area contributed by atoms with Crippen LogP contribution in [0.1, 0.15) is 12.1 Å². The Balaban J connectivity index is 2.32. The van der Waals surface area contributed by atoms with Gasteiger partial charge in [0.25, 0.3) is 0 Å². The Hall–Kier alpha value is -1.20. The highest BCUT2D eigenvalue weighted by Crippen LogP contribution is 2.09. The van der Waals surface area contributed by atoms with E-state index in [4.69, 9.17) is 17.0 Å². The van der Waals surface area contributed by atoms with E-state index in [-0.39, 0.29) is 0 Å². The second-order valence-electron chi connectivity index (χ2n) is 3.36. The Kier molecular flexibility index (Phi) is 5.74. The van der Waals surface area contributed by atoms with Crippen molar-refractivity contribution in [1.29, 1.82) is 0 Å². The van der Waals surface area contributed by atoms with Gasteiger partial charge in [-0.25, -0.2) is 0 Å². The summed E-state index contributed by atoms with van der Waals surface area (Å²) in [7, 11) is 1.69. The number of pyridine rings is 1. The van der Waals surface area contributed by atoms with Gasteiger partial charge < -0.3 is 15.4 Å². The number of aromatic nitrogens is 1. The number of methoxy groups -OCH3 is 1. The van der Waals surface area contributed by atoms with Gasteiger partial charge in [-0.1, -0.05) is 0 Å². The number of hydrogen-bond acceptors (Lipinski definition) is 3. The molecular weight excluding hydrogens is 222 g/mol. The number of hydrogen-bond donors (Lipinski definition) is 2. The fourth-order valence-corrected chi connectivity index (χ4v) is 1.41. The summed E-state index contributed by atoms with van der Waals surface area (Å²) in [5.74, 6) is 0. The molecule has 0 fully saturated rings. The minimum Gasteiger partial charge on any atom is -0.385 e. The van der Waals surface area contributed by atoms with Crippen LogP contribution in [-0.4, -0.2) is 30.4 Å². The second kappa shape index (κ2) is 7.14. The Morgan fingerprint density at radius 2 is 2.38 bits per heavy atom. The van der Waals surface area contributed by atoms with Gasteiger partial charge in [0.1, 0.15) is 0 Å². The zero-order valence-corrected chi connectivity index (χ0v) is 10.4. The molecule has 2 N–H and O–H groups in total. The monoisotopic (exact) mass is 239 g/mol. The summed E-state index contributed by atoms with van der Waals surface area (Å²) >= 11 is 5.15. The maximum Gasteiger partial charge on any atom is 0.170 e. The number of thiocarbonyl (C=S) groups is 1. The average Bonchev–Trinajstić information content (AvgIpc) is 2.28. The summed E-state index contributed by atoms with van der Waals surface area (Å²) in [4.78, 5) is 4.17. The molecule has 1 rings (SSSR count). The molecule has 0 amide bonds. The van der Waals surface area contributed by atoms with Crippen molar-refractivity contribution in [3.05, 3.63) is 24.0 Å². The average molecular weight is 239 g/mol. The van der Waals surface area contributed by atoms with Crippen LogP contribution in [0.2, 0.25) is 0 Å². The highest BCUT2D eigenvalue weighted by molar-refractivity contribution is 7.80. The third-order valence-corrected chi connectivity index (χ3v) is 2.31. The van der Waals surface area contributed by atoms with E-state index in [1.165, 1.54) is 0 Å². The molecule has 0 aromatic carbocycles. The van der Waals surface area contributed by atoms with Crippen LogP contribution in [0.15, 0.2) is 18.3 Å². The van der Waals surface area contributed by atoms with Crippen molar-refractivity contribution in [2.75, 3.05) is 25.6 Å². The summed E-state index contributed by atoms with van der Waals surface area (Å²) in [5.41, 5.74) is 1.87. The minimum atomic E-state index is 0.618. The van der Waals surface area contributed by atoms with E-state index in [2.05, 4.69) is 15.6 Å². The molecule has 4 nitrogen and oxygen atoms in total. The molecule has 1 aromatic heterocycles. The van der Waals surface area contributed by atoms with Crippen LogP contribution >= 0.6 is 12.2 Å². The summed E-state index contributed by atoms with van der Waals surface area (Å²) in [6, 6.07) is 3.83. The summed E-state index contributed by atoms with van der Waals surface area (Å²) < 4.78 is 4.95. The fourth-order valence-electron chi connectivity index (χ4n) is 1.20. The smallest absolute Gasteiger partial charge is 0.170 e. The minimum absolute atomic E-state index is 0.618. The van der Waals surface area contributed by atoms with Crippen molar-refractivity contribution in [2.45, 2.75) is 13.3 Å². The molecule has 88 valence electrons. The van der Waals surface area contributed by atoms with Gasteiger partial charge in [0.15, 0.2) is 5.11 Å². The number of aryl methyl sites for hydroxylation is 1. The first-order valence-corrected chi connectivity index (χ1v) is 5.60. The first kappa shape index (κ1) is 12.9. The molecule has 1 aromatic rings. The molecule has 1 heterocycles. The quantitative estimate of drug-likeness (QED) is 0.605. The van der Waals surface area contributed by atoms with E-state index in [9.17, 15) is 0 Å². The molecule has 0 atom stereocenters. The number of rotatable bonds is 5. The van der Waals surface area contributed by atoms with E-state index in [1.807, 2.05) is 19.1 Å². The first-order chi connectivity index (χ1) is 7.74. The van der Waals surface area contributed by atoms with Crippen LogP contribution < -0.4 is 10.6 Å². The highest BCUT2D eigenvalue weighted by atomic mass is 32.1. The van der Waals surface area contributed by atoms with Crippen molar-refractivity contribution in [2.24, 2.45) is 0 Å². The van der Waals surface area contributed by atoms with Gasteiger partial charge in [-0.15, -0.1) is 0 Å². The van der Waals surface area contributed by atoms with E-state index in [0.717, 1.165) is 31.0 Å². The molecule has 0 saturated heterocycles. The first-order valence-electron chi connectivity index (χ1n) is 5.19. The molecule has 5 heteroatoms. The Bertz CT molecular complexity index is 344.